The van der Waals surface area contributed by atoms with Gasteiger partial charge in [0.25, 0.3) is 0 Å². The average Bonchev–Trinajstić information content (AvgIpc) is 2.13. The molecule has 0 heterocycles. The lowest BCUT2D eigenvalue weighted by Gasteiger charge is -1.97. The van der Waals surface area contributed by atoms with Crippen molar-refractivity contribution < 1.29 is 0 Å². The average molecular weight is 162 g/mol. The highest BCUT2D eigenvalue weighted by molar-refractivity contribution is 5.21. The largest absolute Gasteiger partial charge is 0.106 e. The van der Waals surface area contributed by atoms with E-state index in [1.165, 1.54) is 24.0 Å². The summed E-state index contributed by atoms with van der Waals surface area (Å²) in [7, 11) is 0. The minimum absolute atomic E-state index is 1.21. The van der Waals surface area contributed by atoms with Crippen molar-refractivity contribution in [2.75, 3.05) is 0 Å². The van der Waals surface area contributed by atoms with Crippen LogP contribution in [0.3, 0.4) is 0 Å². The molecule has 0 aromatic heterocycles. The van der Waals surface area contributed by atoms with Crippen LogP contribution in [0.25, 0.3) is 0 Å². The number of aryl methyl sites for hydroxylation is 2. The summed E-state index contributed by atoms with van der Waals surface area (Å²) in [5.74, 6) is 0. The van der Waals surface area contributed by atoms with Crippen LogP contribution in [-0.2, 0) is 6.42 Å². The summed E-state index contributed by atoms with van der Waals surface area (Å²) in [5, 5.41) is 0. The molecule has 0 heteroatoms. The van der Waals surface area contributed by atoms with Gasteiger partial charge in [-0.15, -0.1) is 13.2 Å². The predicted molar refractivity (Wildman–Crippen MR) is 56.4 cm³/mol. The van der Waals surface area contributed by atoms with Gasteiger partial charge in [0.1, 0.15) is 0 Å². The van der Waals surface area contributed by atoms with Crippen molar-refractivity contribution in [3.63, 3.8) is 0 Å². The number of hydrogen-bond donors (Lipinski definition) is 0. The van der Waals surface area contributed by atoms with Gasteiger partial charge in [-0.3, -0.25) is 0 Å². The molecule has 0 aliphatic heterocycles. The minimum atomic E-state index is 1.21. The summed E-state index contributed by atoms with van der Waals surface area (Å²) in [6, 6.07) is 8.76. The van der Waals surface area contributed by atoms with Crippen LogP contribution in [0, 0.1) is 6.92 Å². The van der Waals surface area contributed by atoms with E-state index in [4.69, 9.17) is 0 Å². The Morgan fingerprint density at radius 2 is 1.58 bits per heavy atom. The highest BCUT2D eigenvalue weighted by Gasteiger charge is 1.87. The fourth-order valence-electron chi connectivity index (χ4n) is 1.04. The SMILES string of the molecule is C=C.CCCc1ccc(C)cc1. The zero-order chi connectivity index (χ0) is 9.40. The van der Waals surface area contributed by atoms with E-state index in [2.05, 4.69) is 51.3 Å². The zero-order valence-electron chi connectivity index (χ0n) is 8.14. The molecule has 0 aliphatic rings. The van der Waals surface area contributed by atoms with Crippen LogP contribution in [0.2, 0.25) is 0 Å². The third-order valence-corrected chi connectivity index (χ3v) is 1.66. The van der Waals surface area contributed by atoms with Gasteiger partial charge < -0.3 is 0 Å². The molecule has 66 valence electrons. The molecule has 0 atom stereocenters. The summed E-state index contributed by atoms with van der Waals surface area (Å²) in [6.07, 6.45) is 2.45. The Morgan fingerprint density at radius 1 is 1.08 bits per heavy atom. The summed E-state index contributed by atoms with van der Waals surface area (Å²) >= 11 is 0. The summed E-state index contributed by atoms with van der Waals surface area (Å²) in [4.78, 5) is 0. The van der Waals surface area contributed by atoms with Crippen LogP contribution in [0.4, 0.5) is 0 Å². The van der Waals surface area contributed by atoms with Gasteiger partial charge in [-0.1, -0.05) is 43.2 Å². The van der Waals surface area contributed by atoms with E-state index in [1.807, 2.05) is 0 Å². The molecular weight excluding hydrogens is 144 g/mol. The first-order valence-electron chi connectivity index (χ1n) is 4.38. The van der Waals surface area contributed by atoms with Gasteiger partial charge in [-0.2, -0.15) is 0 Å². The van der Waals surface area contributed by atoms with Crippen molar-refractivity contribution in [2.45, 2.75) is 26.7 Å². The van der Waals surface area contributed by atoms with Crippen LogP contribution in [0.1, 0.15) is 24.5 Å². The lowest BCUT2D eigenvalue weighted by atomic mass is 10.1. The summed E-state index contributed by atoms with van der Waals surface area (Å²) < 4.78 is 0. The van der Waals surface area contributed by atoms with E-state index < -0.39 is 0 Å². The Morgan fingerprint density at radius 3 is 2.00 bits per heavy atom. The van der Waals surface area contributed by atoms with Gasteiger partial charge in [0.2, 0.25) is 0 Å². The zero-order valence-corrected chi connectivity index (χ0v) is 8.14. The van der Waals surface area contributed by atoms with Crippen molar-refractivity contribution in [1.29, 1.82) is 0 Å². The molecule has 0 nitrogen and oxygen atoms in total. The second-order valence-corrected chi connectivity index (χ2v) is 2.74. The smallest absolute Gasteiger partial charge is 0.0281 e. The van der Waals surface area contributed by atoms with E-state index in [0.717, 1.165) is 0 Å². The third kappa shape index (κ3) is 3.97. The fourth-order valence-corrected chi connectivity index (χ4v) is 1.04. The van der Waals surface area contributed by atoms with Gasteiger partial charge in [0, 0.05) is 0 Å². The Balaban J connectivity index is 0.000000561. The first-order valence-corrected chi connectivity index (χ1v) is 4.38. The highest BCUT2D eigenvalue weighted by Crippen LogP contribution is 2.04. The van der Waals surface area contributed by atoms with Crippen molar-refractivity contribution in [3.8, 4) is 0 Å². The van der Waals surface area contributed by atoms with E-state index in [9.17, 15) is 0 Å². The maximum Gasteiger partial charge on any atom is -0.0281 e. The number of rotatable bonds is 2. The van der Waals surface area contributed by atoms with Gasteiger partial charge in [-0.25, -0.2) is 0 Å². The maximum atomic E-state index is 3.00. The molecule has 0 unspecified atom stereocenters. The Bertz CT molecular complexity index is 196. The Labute approximate surface area is 75.9 Å². The van der Waals surface area contributed by atoms with Crippen LogP contribution in [0.15, 0.2) is 37.4 Å². The normalized spacial score (nSPS) is 8.50. The molecule has 1 aromatic carbocycles. The minimum Gasteiger partial charge on any atom is -0.106 e. The first kappa shape index (κ1) is 11.0. The molecule has 1 aromatic rings. The molecule has 0 fully saturated rings. The number of hydrogen-bond acceptors (Lipinski definition) is 0. The monoisotopic (exact) mass is 162 g/mol. The van der Waals surface area contributed by atoms with Crippen LogP contribution in [0.5, 0.6) is 0 Å². The second-order valence-electron chi connectivity index (χ2n) is 2.74. The van der Waals surface area contributed by atoms with E-state index in [1.54, 1.807) is 0 Å². The Kier molecular flexibility index (Phi) is 6.08. The molecule has 0 saturated carbocycles. The van der Waals surface area contributed by atoms with E-state index in [-0.39, 0.29) is 0 Å². The topological polar surface area (TPSA) is 0 Å². The van der Waals surface area contributed by atoms with Crippen LogP contribution < -0.4 is 0 Å². The van der Waals surface area contributed by atoms with Gasteiger partial charge in [-0.05, 0) is 18.9 Å². The summed E-state index contributed by atoms with van der Waals surface area (Å²) in [6.45, 7) is 10.3. The van der Waals surface area contributed by atoms with Gasteiger partial charge in [0.05, 0.1) is 0 Å². The predicted octanol–water partition coefficient (Wildman–Crippen LogP) is 3.75. The lowest BCUT2D eigenvalue weighted by Crippen LogP contribution is -1.81. The van der Waals surface area contributed by atoms with Crippen LogP contribution >= 0.6 is 0 Å². The second kappa shape index (κ2) is 6.66. The highest BCUT2D eigenvalue weighted by atomic mass is 13.9. The molecular formula is C12H18. The maximum absolute atomic E-state index is 3.00. The van der Waals surface area contributed by atoms with Gasteiger partial charge >= 0.3 is 0 Å². The standard InChI is InChI=1S/C10H14.C2H4/c1-3-4-10-7-5-9(2)6-8-10;1-2/h5-8H,3-4H2,1-2H3;1-2H2. The molecule has 0 spiro atoms. The molecule has 0 aliphatic carbocycles. The summed E-state index contributed by atoms with van der Waals surface area (Å²) in [5.41, 5.74) is 2.80. The molecule has 12 heavy (non-hydrogen) atoms. The fraction of sp³-hybridized carbons (Fsp3) is 0.333. The molecule has 0 amide bonds. The molecule has 0 radical (unpaired) electrons. The van der Waals surface area contributed by atoms with E-state index >= 15 is 0 Å². The molecule has 0 bridgehead atoms. The lowest BCUT2D eigenvalue weighted by molar-refractivity contribution is 0.921. The van der Waals surface area contributed by atoms with Crippen molar-refractivity contribution in [3.05, 3.63) is 48.6 Å². The molecule has 1 rings (SSSR count). The Hall–Kier alpha value is -1.04. The van der Waals surface area contributed by atoms with Crippen LogP contribution in [-0.4, -0.2) is 0 Å². The van der Waals surface area contributed by atoms with Crippen molar-refractivity contribution in [1.82, 2.24) is 0 Å². The van der Waals surface area contributed by atoms with Crippen molar-refractivity contribution in [2.24, 2.45) is 0 Å². The van der Waals surface area contributed by atoms with E-state index in [0.29, 0.717) is 0 Å². The molecule has 0 saturated heterocycles. The quantitative estimate of drug-likeness (QED) is 0.581. The molecule has 0 N–H and O–H groups in total. The first-order chi connectivity index (χ1) is 5.83. The third-order valence-electron chi connectivity index (χ3n) is 1.66. The van der Waals surface area contributed by atoms with Gasteiger partial charge in [0.15, 0.2) is 0 Å². The number of benzene rings is 1. The van der Waals surface area contributed by atoms with Crippen molar-refractivity contribution >= 4 is 0 Å².